The second-order valence-corrected chi connectivity index (χ2v) is 3.52. The maximum atomic E-state index is 13.3. The number of alkyl halides is 2. The topological polar surface area (TPSA) is 43.4 Å². The maximum Gasteiger partial charge on any atom is 0.400 e. The van der Waals surface area contributed by atoms with Crippen molar-refractivity contribution in [2.24, 2.45) is 0 Å². The van der Waals surface area contributed by atoms with E-state index >= 15 is 0 Å². The molecule has 0 spiro atoms. The van der Waals surface area contributed by atoms with Gasteiger partial charge in [0.05, 0.1) is 6.61 Å². The molecular weight excluding hydrogens is 249 g/mol. The summed E-state index contributed by atoms with van der Waals surface area (Å²) in [6, 6.07) is 4.50. The van der Waals surface area contributed by atoms with Crippen LogP contribution in [0.2, 0.25) is 0 Å². The van der Waals surface area contributed by atoms with Gasteiger partial charge in [-0.1, -0.05) is 12.1 Å². The van der Waals surface area contributed by atoms with E-state index in [4.69, 9.17) is 0 Å². The number of benzene rings is 1. The molecule has 1 aromatic carbocycles. The molecule has 0 heterocycles. The van der Waals surface area contributed by atoms with Crippen molar-refractivity contribution in [3.05, 3.63) is 35.6 Å². The van der Waals surface area contributed by atoms with Gasteiger partial charge in [-0.15, -0.1) is 0 Å². The highest BCUT2D eigenvalue weighted by atomic mass is 19.3. The zero-order valence-corrected chi connectivity index (χ0v) is 9.58. The number of rotatable bonds is 5. The SMILES string of the molecule is CCOC(=O)C(F)(F)C(=O)Cc1ccc(F)cc1. The van der Waals surface area contributed by atoms with E-state index in [2.05, 4.69) is 4.74 Å². The van der Waals surface area contributed by atoms with Gasteiger partial charge in [0.25, 0.3) is 0 Å². The molecule has 1 rings (SSSR count). The van der Waals surface area contributed by atoms with Crippen molar-refractivity contribution in [3.8, 4) is 0 Å². The first kappa shape index (κ1) is 14.2. The molecule has 0 aliphatic rings. The van der Waals surface area contributed by atoms with Gasteiger partial charge in [0, 0.05) is 6.42 Å². The molecule has 0 fully saturated rings. The lowest BCUT2D eigenvalue weighted by atomic mass is 10.0. The molecular formula is C12H11F3O3. The summed E-state index contributed by atoms with van der Waals surface area (Å²) in [6.07, 6.45) is -0.661. The lowest BCUT2D eigenvalue weighted by Gasteiger charge is -2.13. The number of halogens is 3. The number of carbonyl (C=O) groups is 2. The van der Waals surface area contributed by atoms with Crippen LogP contribution in [0.5, 0.6) is 0 Å². The summed E-state index contributed by atoms with van der Waals surface area (Å²) in [5.74, 6) is -8.15. The molecule has 98 valence electrons. The van der Waals surface area contributed by atoms with E-state index in [1.54, 1.807) is 0 Å². The Morgan fingerprint density at radius 3 is 2.28 bits per heavy atom. The predicted molar refractivity (Wildman–Crippen MR) is 56.7 cm³/mol. The Balaban J connectivity index is 2.75. The third-order valence-corrected chi connectivity index (χ3v) is 2.16. The molecule has 3 nitrogen and oxygen atoms in total. The van der Waals surface area contributed by atoms with E-state index in [0.717, 1.165) is 12.1 Å². The molecule has 0 atom stereocenters. The predicted octanol–water partition coefficient (Wildman–Crippen LogP) is 2.14. The van der Waals surface area contributed by atoms with Crippen molar-refractivity contribution in [2.45, 2.75) is 19.3 Å². The van der Waals surface area contributed by atoms with Crippen molar-refractivity contribution < 1.29 is 27.5 Å². The Morgan fingerprint density at radius 1 is 1.22 bits per heavy atom. The molecule has 0 aliphatic heterocycles. The Labute approximate surface area is 102 Å². The monoisotopic (exact) mass is 260 g/mol. The average molecular weight is 260 g/mol. The van der Waals surface area contributed by atoms with Gasteiger partial charge in [-0.05, 0) is 24.6 Å². The summed E-state index contributed by atoms with van der Waals surface area (Å²) in [5.41, 5.74) is 0.199. The van der Waals surface area contributed by atoms with Crippen LogP contribution >= 0.6 is 0 Å². The van der Waals surface area contributed by atoms with E-state index in [1.165, 1.54) is 19.1 Å². The average Bonchev–Trinajstić information content (AvgIpc) is 2.32. The summed E-state index contributed by atoms with van der Waals surface area (Å²) in [5, 5.41) is 0. The fourth-order valence-corrected chi connectivity index (χ4v) is 1.23. The maximum absolute atomic E-state index is 13.3. The van der Waals surface area contributed by atoms with E-state index in [0.29, 0.717) is 0 Å². The molecule has 0 saturated carbocycles. The van der Waals surface area contributed by atoms with Gasteiger partial charge >= 0.3 is 11.9 Å². The smallest absolute Gasteiger partial charge is 0.400 e. The van der Waals surface area contributed by atoms with E-state index in [-0.39, 0.29) is 12.2 Å². The minimum atomic E-state index is -4.18. The minimum Gasteiger partial charge on any atom is -0.461 e. The normalized spacial score (nSPS) is 11.1. The highest BCUT2D eigenvalue weighted by molar-refractivity contribution is 6.05. The third-order valence-electron chi connectivity index (χ3n) is 2.16. The first-order valence-corrected chi connectivity index (χ1v) is 5.20. The van der Waals surface area contributed by atoms with Gasteiger partial charge in [-0.3, -0.25) is 4.79 Å². The number of esters is 1. The van der Waals surface area contributed by atoms with Crippen molar-refractivity contribution in [1.29, 1.82) is 0 Å². The van der Waals surface area contributed by atoms with E-state index in [9.17, 15) is 22.8 Å². The van der Waals surface area contributed by atoms with Crippen molar-refractivity contribution in [3.63, 3.8) is 0 Å². The number of ether oxygens (including phenoxy) is 1. The number of ketones is 1. The molecule has 0 aromatic heterocycles. The highest BCUT2D eigenvalue weighted by Crippen LogP contribution is 2.19. The van der Waals surface area contributed by atoms with Crippen LogP contribution in [0.4, 0.5) is 13.2 Å². The fraction of sp³-hybridized carbons (Fsp3) is 0.333. The molecule has 0 aliphatic carbocycles. The first-order chi connectivity index (χ1) is 8.37. The van der Waals surface area contributed by atoms with Crippen LogP contribution < -0.4 is 0 Å². The number of Topliss-reactive ketones (excluding diaryl/α,β-unsaturated/α-hetero) is 1. The van der Waals surface area contributed by atoms with Crippen LogP contribution in [-0.2, 0) is 20.7 Å². The van der Waals surface area contributed by atoms with Gasteiger partial charge in [0.15, 0.2) is 0 Å². The Morgan fingerprint density at radius 2 is 1.78 bits per heavy atom. The molecule has 0 radical (unpaired) electrons. The van der Waals surface area contributed by atoms with Crippen LogP contribution in [0.25, 0.3) is 0 Å². The highest BCUT2D eigenvalue weighted by Gasteiger charge is 2.48. The summed E-state index contributed by atoms with van der Waals surface area (Å²) in [7, 11) is 0. The lowest BCUT2D eigenvalue weighted by molar-refractivity contribution is -0.176. The summed E-state index contributed by atoms with van der Waals surface area (Å²) in [6.45, 7) is 1.12. The molecule has 0 saturated heterocycles. The van der Waals surface area contributed by atoms with E-state index in [1.807, 2.05) is 0 Å². The molecule has 6 heteroatoms. The largest absolute Gasteiger partial charge is 0.461 e. The quantitative estimate of drug-likeness (QED) is 0.601. The van der Waals surface area contributed by atoms with Gasteiger partial charge in [0.2, 0.25) is 5.78 Å². The first-order valence-electron chi connectivity index (χ1n) is 5.20. The second kappa shape index (κ2) is 5.66. The molecule has 1 aromatic rings. The zero-order chi connectivity index (χ0) is 13.8. The van der Waals surface area contributed by atoms with Crippen LogP contribution in [0.15, 0.2) is 24.3 Å². The Bertz CT molecular complexity index is 440. The fourth-order valence-electron chi connectivity index (χ4n) is 1.23. The van der Waals surface area contributed by atoms with Crippen molar-refractivity contribution >= 4 is 11.8 Å². The number of hydrogen-bond donors (Lipinski definition) is 0. The minimum absolute atomic E-state index is 0.199. The molecule has 0 bridgehead atoms. The van der Waals surface area contributed by atoms with Crippen molar-refractivity contribution in [2.75, 3.05) is 6.61 Å². The van der Waals surface area contributed by atoms with Gasteiger partial charge in [-0.25, -0.2) is 9.18 Å². The zero-order valence-electron chi connectivity index (χ0n) is 9.58. The molecule has 0 unspecified atom stereocenters. The number of carbonyl (C=O) groups excluding carboxylic acids is 2. The van der Waals surface area contributed by atoms with Crippen molar-refractivity contribution in [1.82, 2.24) is 0 Å². The summed E-state index contributed by atoms with van der Waals surface area (Å²) < 4.78 is 43.2. The van der Waals surface area contributed by atoms with Crippen LogP contribution in [0, 0.1) is 5.82 Å². The third kappa shape index (κ3) is 3.32. The molecule has 0 N–H and O–H groups in total. The standard InChI is InChI=1S/C12H11F3O3/c1-2-18-11(17)12(14,15)10(16)7-8-3-5-9(13)6-4-8/h3-6H,2,7H2,1H3. The summed E-state index contributed by atoms with van der Waals surface area (Å²) in [4.78, 5) is 22.2. The van der Waals surface area contributed by atoms with Gasteiger partial charge in [-0.2, -0.15) is 8.78 Å². The number of hydrogen-bond acceptors (Lipinski definition) is 3. The Kier molecular flexibility index (Phi) is 4.47. The van der Waals surface area contributed by atoms with Gasteiger partial charge in [0.1, 0.15) is 5.82 Å². The van der Waals surface area contributed by atoms with Crippen LogP contribution in [0.3, 0.4) is 0 Å². The second-order valence-electron chi connectivity index (χ2n) is 3.52. The summed E-state index contributed by atoms with van der Waals surface area (Å²) >= 11 is 0. The van der Waals surface area contributed by atoms with Crippen LogP contribution in [0.1, 0.15) is 12.5 Å². The molecule has 18 heavy (non-hydrogen) atoms. The van der Waals surface area contributed by atoms with Crippen LogP contribution in [-0.4, -0.2) is 24.3 Å². The lowest BCUT2D eigenvalue weighted by Crippen LogP contribution is -2.40. The van der Waals surface area contributed by atoms with Gasteiger partial charge < -0.3 is 4.74 Å². The van der Waals surface area contributed by atoms with E-state index < -0.39 is 29.9 Å². The molecule has 0 amide bonds. The Hall–Kier alpha value is -1.85.